The minimum Gasteiger partial charge on any atom is -0.406 e. The van der Waals surface area contributed by atoms with Crippen molar-refractivity contribution in [3.05, 3.63) is 59.9 Å². The van der Waals surface area contributed by atoms with E-state index in [1.807, 2.05) is 0 Å². The molecule has 2 nitrogen and oxygen atoms in total. The summed E-state index contributed by atoms with van der Waals surface area (Å²) in [4.78, 5) is 3.37. The van der Waals surface area contributed by atoms with E-state index in [1.165, 1.54) is 24.3 Å². The summed E-state index contributed by atoms with van der Waals surface area (Å²) in [6.07, 6.45) is -4.70. The summed E-state index contributed by atoms with van der Waals surface area (Å²) in [7, 11) is 0. The molecular weight excluding hydrogens is 255 g/mol. The zero-order valence-corrected chi connectivity index (χ0v) is 9.61. The predicted octanol–water partition coefficient (Wildman–Crippen LogP) is 4.80. The van der Waals surface area contributed by atoms with E-state index in [9.17, 15) is 13.2 Å². The van der Waals surface area contributed by atoms with E-state index in [4.69, 9.17) is 6.57 Å². The first-order valence-electron chi connectivity index (χ1n) is 5.32. The molecule has 0 bridgehead atoms. The maximum absolute atomic E-state index is 12.0. The lowest BCUT2D eigenvalue weighted by Gasteiger charge is -2.09. The number of para-hydroxylation sites is 1. The molecule has 0 aliphatic heterocycles. The van der Waals surface area contributed by atoms with Gasteiger partial charge < -0.3 is 4.74 Å². The van der Waals surface area contributed by atoms with Crippen LogP contribution in [0.1, 0.15) is 0 Å². The fourth-order valence-corrected chi connectivity index (χ4v) is 1.65. The summed E-state index contributed by atoms with van der Waals surface area (Å²) in [6, 6.07) is 12.3. The highest BCUT2D eigenvalue weighted by molar-refractivity contribution is 5.78. The highest BCUT2D eigenvalue weighted by atomic mass is 19.4. The van der Waals surface area contributed by atoms with Crippen molar-refractivity contribution in [2.75, 3.05) is 0 Å². The Morgan fingerprint density at radius 2 is 1.58 bits per heavy atom. The van der Waals surface area contributed by atoms with Gasteiger partial charge in [-0.1, -0.05) is 36.4 Å². The van der Waals surface area contributed by atoms with E-state index >= 15 is 0 Å². The van der Waals surface area contributed by atoms with Crippen molar-refractivity contribution < 1.29 is 17.9 Å². The standard InChI is InChI=1S/C14H8F3NO/c1-18-13-5-3-2-4-12(13)10-6-8-11(9-7-10)19-14(15,16)17/h2-9H. The monoisotopic (exact) mass is 263 g/mol. The van der Waals surface area contributed by atoms with Crippen LogP contribution >= 0.6 is 0 Å². The maximum atomic E-state index is 12.0. The Kier molecular flexibility index (Phi) is 3.43. The maximum Gasteiger partial charge on any atom is 0.573 e. The lowest BCUT2D eigenvalue weighted by Crippen LogP contribution is -2.16. The molecule has 5 heteroatoms. The smallest absolute Gasteiger partial charge is 0.406 e. The third kappa shape index (κ3) is 3.26. The Hall–Kier alpha value is -2.48. The van der Waals surface area contributed by atoms with Gasteiger partial charge in [0.25, 0.3) is 0 Å². The number of hydrogen-bond donors (Lipinski definition) is 0. The molecule has 0 heterocycles. The molecule has 0 unspecified atom stereocenters. The van der Waals surface area contributed by atoms with Crippen molar-refractivity contribution in [1.82, 2.24) is 0 Å². The van der Waals surface area contributed by atoms with E-state index in [2.05, 4.69) is 9.58 Å². The molecular formula is C14H8F3NO. The molecule has 0 aromatic heterocycles. The molecule has 0 saturated heterocycles. The normalized spacial score (nSPS) is 10.8. The van der Waals surface area contributed by atoms with Gasteiger partial charge in [0, 0.05) is 0 Å². The molecule has 0 atom stereocenters. The van der Waals surface area contributed by atoms with Gasteiger partial charge in [0.2, 0.25) is 0 Å². The molecule has 0 aliphatic rings. The van der Waals surface area contributed by atoms with Crippen molar-refractivity contribution >= 4 is 5.69 Å². The quantitative estimate of drug-likeness (QED) is 0.709. The second-order valence-corrected chi connectivity index (χ2v) is 3.70. The third-order valence-corrected chi connectivity index (χ3v) is 2.42. The number of halogens is 3. The van der Waals surface area contributed by atoms with Crippen LogP contribution < -0.4 is 4.74 Å². The van der Waals surface area contributed by atoms with Crippen LogP contribution in [0.15, 0.2) is 48.5 Å². The summed E-state index contributed by atoms with van der Waals surface area (Å²) in [5, 5.41) is 0. The topological polar surface area (TPSA) is 13.6 Å². The van der Waals surface area contributed by atoms with Gasteiger partial charge in [0.15, 0.2) is 5.69 Å². The second-order valence-electron chi connectivity index (χ2n) is 3.70. The van der Waals surface area contributed by atoms with Crippen LogP contribution in [-0.2, 0) is 0 Å². The van der Waals surface area contributed by atoms with E-state index in [0.29, 0.717) is 16.8 Å². The van der Waals surface area contributed by atoms with Gasteiger partial charge >= 0.3 is 6.36 Å². The molecule has 2 aromatic rings. The summed E-state index contributed by atoms with van der Waals surface area (Å²) in [6.45, 7) is 7.05. The van der Waals surface area contributed by atoms with Crippen LogP contribution in [0, 0.1) is 6.57 Å². The number of hydrogen-bond acceptors (Lipinski definition) is 1. The molecule has 0 radical (unpaired) electrons. The van der Waals surface area contributed by atoms with Crippen LogP contribution in [0.5, 0.6) is 5.75 Å². The van der Waals surface area contributed by atoms with Crippen molar-refractivity contribution in [2.24, 2.45) is 0 Å². The second kappa shape index (κ2) is 5.02. The van der Waals surface area contributed by atoms with Gasteiger partial charge in [-0.15, -0.1) is 13.2 Å². The molecule has 0 spiro atoms. The summed E-state index contributed by atoms with van der Waals surface area (Å²) in [5.74, 6) is -0.281. The number of benzene rings is 2. The van der Waals surface area contributed by atoms with Crippen molar-refractivity contribution in [2.45, 2.75) is 6.36 Å². The van der Waals surface area contributed by atoms with Crippen molar-refractivity contribution in [1.29, 1.82) is 0 Å². The molecule has 19 heavy (non-hydrogen) atoms. The summed E-state index contributed by atoms with van der Waals surface area (Å²) in [5.41, 5.74) is 1.80. The highest BCUT2D eigenvalue weighted by Crippen LogP contribution is 2.32. The number of alkyl halides is 3. The van der Waals surface area contributed by atoms with Gasteiger partial charge in [-0.05, 0) is 23.3 Å². The lowest BCUT2D eigenvalue weighted by molar-refractivity contribution is -0.274. The Morgan fingerprint density at radius 3 is 2.16 bits per heavy atom. The Labute approximate surface area is 107 Å². The third-order valence-electron chi connectivity index (χ3n) is 2.42. The van der Waals surface area contributed by atoms with E-state index in [-0.39, 0.29) is 5.75 Å². The Balaban J connectivity index is 2.31. The fourth-order valence-electron chi connectivity index (χ4n) is 1.65. The van der Waals surface area contributed by atoms with Crippen LogP contribution in [-0.4, -0.2) is 6.36 Å². The Morgan fingerprint density at radius 1 is 0.947 bits per heavy atom. The fraction of sp³-hybridized carbons (Fsp3) is 0.0714. The van der Waals surface area contributed by atoms with E-state index in [1.54, 1.807) is 24.3 Å². The van der Waals surface area contributed by atoms with E-state index in [0.717, 1.165) is 0 Å². The van der Waals surface area contributed by atoms with Gasteiger partial charge in [-0.3, -0.25) is 0 Å². The first-order chi connectivity index (χ1) is 8.99. The molecule has 96 valence electrons. The average molecular weight is 263 g/mol. The van der Waals surface area contributed by atoms with Crippen LogP contribution in [0.4, 0.5) is 18.9 Å². The van der Waals surface area contributed by atoms with Gasteiger partial charge in [0.1, 0.15) is 5.75 Å². The molecule has 0 fully saturated rings. The highest BCUT2D eigenvalue weighted by Gasteiger charge is 2.30. The zero-order valence-electron chi connectivity index (χ0n) is 9.61. The minimum atomic E-state index is -4.70. The summed E-state index contributed by atoms with van der Waals surface area (Å²) < 4.78 is 39.9. The van der Waals surface area contributed by atoms with Crippen LogP contribution in [0.25, 0.3) is 16.0 Å². The predicted molar refractivity (Wildman–Crippen MR) is 64.8 cm³/mol. The number of ether oxygens (including phenoxy) is 1. The zero-order chi connectivity index (χ0) is 13.9. The SMILES string of the molecule is [C-]#[N+]c1ccccc1-c1ccc(OC(F)(F)F)cc1. The first kappa shape index (κ1) is 13.0. The summed E-state index contributed by atoms with van der Waals surface area (Å²) >= 11 is 0. The first-order valence-corrected chi connectivity index (χ1v) is 5.32. The van der Waals surface area contributed by atoms with Gasteiger partial charge in [-0.25, -0.2) is 4.85 Å². The van der Waals surface area contributed by atoms with Crippen LogP contribution in [0.2, 0.25) is 0 Å². The number of rotatable bonds is 2. The minimum absolute atomic E-state index is 0.281. The van der Waals surface area contributed by atoms with Crippen molar-refractivity contribution in [3.63, 3.8) is 0 Å². The number of nitrogens with zero attached hydrogens (tertiary/aromatic N) is 1. The molecule has 0 N–H and O–H groups in total. The van der Waals surface area contributed by atoms with Gasteiger partial charge in [0.05, 0.1) is 6.57 Å². The molecule has 2 rings (SSSR count). The average Bonchev–Trinajstić information content (AvgIpc) is 2.38. The van der Waals surface area contributed by atoms with E-state index < -0.39 is 6.36 Å². The largest absolute Gasteiger partial charge is 0.573 e. The molecule has 0 aliphatic carbocycles. The van der Waals surface area contributed by atoms with Gasteiger partial charge in [-0.2, -0.15) is 0 Å². The van der Waals surface area contributed by atoms with Crippen LogP contribution in [0.3, 0.4) is 0 Å². The molecule has 2 aromatic carbocycles. The molecule has 0 saturated carbocycles. The van der Waals surface area contributed by atoms with Crippen molar-refractivity contribution in [3.8, 4) is 16.9 Å². The Bertz CT molecular complexity index is 612. The molecule has 0 amide bonds. The lowest BCUT2D eigenvalue weighted by atomic mass is 10.0.